The molecular formula is C7H8N2O2. The fourth-order valence-electron chi connectivity index (χ4n) is 0.581. The molecule has 0 fully saturated rings. The van der Waals surface area contributed by atoms with Crippen molar-refractivity contribution >= 4 is 5.97 Å². The molecule has 1 rings (SSSR count). The van der Waals surface area contributed by atoms with Crippen molar-refractivity contribution in [2.24, 2.45) is 0 Å². The molecule has 4 heteroatoms. The van der Waals surface area contributed by atoms with Crippen LogP contribution < -0.4 is 4.74 Å². The highest BCUT2D eigenvalue weighted by Gasteiger charge is 1.97. The Morgan fingerprint density at radius 3 is 2.64 bits per heavy atom. The largest absolute Gasteiger partial charge is 0.406 e. The van der Waals surface area contributed by atoms with Crippen molar-refractivity contribution in [3.05, 3.63) is 18.1 Å². The molecule has 0 N–H and O–H groups in total. The predicted octanol–water partition coefficient (Wildman–Crippen LogP) is 0.710. The van der Waals surface area contributed by atoms with E-state index in [4.69, 9.17) is 0 Å². The van der Waals surface area contributed by atoms with E-state index in [-0.39, 0.29) is 11.8 Å². The molecule has 0 aliphatic rings. The monoisotopic (exact) mass is 152 g/mol. The second-order valence-corrected chi connectivity index (χ2v) is 2.09. The standard InChI is InChI=1S/C7H8N2O2/c1-5-3-9-7(4-8-5)11-6(2)10/h3-4H,1-2H3. The molecule has 0 aliphatic heterocycles. The summed E-state index contributed by atoms with van der Waals surface area (Å²) in [5.74, 6) is -0.147. The average molecular weight is 152 g/mol. The summed E-state index contributed by atoms with van der Waals surface area (Å²) in [5, 5.41) is 0. The van der Waals surface area contributed by atoms with Crippen LogP contribution in [0, 0.1) is 6.92 Å². The van der Waals surface area contributed by atoms with Crippen molar-refractivity contribution in [3.63, 3.8) is 0 Å². The van der Waals surface area contributed by atoms with Gasteiger partial charge in [-0.15, -0.1) is 0 Å². The van der Waals surface area contributed by atoms with E-state index in [1.165, 1.54) is 19.3 Å². The lowest BCUT2D eigenvalue weighted by Crippen LogP contribution is -2.03. The molecule has 0 aliphatic carbocycles. The Morgan fingerprint density at radius 2 is 2.18 bits per heavy atom. The zero-order chi connectivity index (χ0) is 8.27. The summed E-state index contributed by atoms with van der Waals surface area (Å²) in [4.78, 5) is 18.1. The molecule has 0 radical (unpaired) electrons. The molecule has 4 nitrogen and oxygen atoms in total. The van der Waals surface area contributed by atoms with Gasteiger partial charge >= 0.3 is 5.97 Å². The maximum Gasteiger partial charge on any atom is 0.309 e. The van der Waals surface area contributed by atoms with Crippen LogP contribution >= 0.6 is 0 Å². The zero-order valence-electron chi connectivity index (χ0n) is 6.37. The summed E-state index contributed by atoms with van der Waals surface area (Å²) >= 11 is 0. The van der Waals surface area contributed by atoms with Gasteiger partial charge in [0, 0.05) is 6.92 Å². The molecule has 1 aromatic rings. The van der Waals surface area contributed by atoms with Crippen molar-refractivity contribution in [3.8, 4) is 5.88 Å². The van der Waals surface area contributed by atoms with Gasteiger partial charge in [0.2, 0.25) is 5.88 Å². The SMILES string of the molecule is CC(=O)Oc1cnc(C)cn1. The maximum absolute atomic E-state index is 10.4. The molecule has 1 heterocycles. The summed E-state index contributed by atoms with van der Waals surface area (Å²) in [5.41, 5.74) is 0.793. The van der Waals surface area contributed by atoms with Gasteiger partial charge in [0.25, 0.3) is 0 Å². The maximum atomic E-state index is 10.4. The van der Waals surface area contributed by atoms with E-state index in [9.17, 15) is 4.79 Å². The Bertz CT molecular complexity index is 256. The van der Waals surface area contributed by atoms with Gasteiger partial charge in [0.15, 0.2) is 0 Å². The average Bonchev–Trinajstić information content (AvgIpc) is 1.93. The highest BCUT2D eigenvalue weighted by Crippen LogP contribution is 2.02. The number of aryl methyl sites for hydroxylation is 1. The first-order valence-electron chi connectivity index (χ1n) is 3.15. The minimum atomic E-state index is -0.386. The molecule has 0 bridgehead atoms. The Hall–Kier alpha value is -1.45. The molecule has 0 atom stereocenters. The van der Waals surface area contributed by atoms with Crippen LogP contribution in [-0.2, 0) is 4.79 Å². The Balaban J connectivity index is 2.74. The van der Waals surface area contributed by atoms with Crippen LogP contribution in [0.3, 0.4) is 0 Å². The second kappa shape index (κ2) is 3.09. The van der Waals surface area contributed by atoms with Crippen LogP contribution in [0.4, 0.5) is 0 Å². The number of rotatable bonds is 1. The van der Waals surface area contributed by atoms with Crippen molar-refractivity contribution in [2.75, 3.05) is 0 Å². The van der Waals surface area contributed by atoms with E-state index in [2.05, 4.69) is 14.7 Å². The van der Waals surface area contributed by atoms with Crippen LogP contribution in [0.25, 0.3) is 0 Å². The molecule has 0 spiro atoms. The number of hydrogen-bond donors (Lipinski definition) is 0. The van der Waals surface area contributed by atoms with E-state index in [0.29, 0.717) is 0 Å². The fourth-order valence-corrected chi connectivity index (χ4v) is 0.581. The molecule has 0 aromatic carbocycles. The highest BCUT2D eigenvalue weighted by molar-refractivity contribution is 5.68. The number of carbonyl (C=O) groups excluding carboxylic acids is 1. The van der Waals surface area contributed by atoms with Gasteiger partial charge in [-0.25, -0.2) is 4.98 Å². The molecule has 0 unspecified atom stereocenters. The minimum absolute atomic E-state index is 0.239. The van der Waals surface area contributed by atoms with Gasteiger partial charge in [-0.05, 0) is 6.92 Å². The number of hydrogen-bond acceptors (Lipinski definition) is 4. The first-order chi connectivity index (χ1) is 5.18. The highest BCUT2D eigenvalue weighted by atomic mass is 16.5. The van der Waals surface area contributed by atoms with Gasteiger partial charge in [0.1, 0.15) is 0 Å². The van der Waals surface area contributed by atoms with Gasteiger partial charge < -0.3 is 4.74 Å². The lowest BCUT2D eigenvalue weighted by atomic mass is 10.5. The first kappa shape index (κ1) is 7.65. The molecule has 1 aromatic heterocycles. The third-order valence-corrected chi connectivity index (χ3v) is 1.01. The van der Waals surface area contributed by atoms with Gasteiger partial charge in [0.05, 0.1) is 18.1 Å². The summed E-state index contributed by atoms with van der Waals surface area (Å²) in [6.07, 6.45) is 2.95. The number of esters is 1. The zero-order valence-corrected chi connectivity index (χ0v) is 6.37. The van der Waals surface area contributed by atoms with Crippen molar-refractivity contribution in [1.29, 1.82) is 0 Å². The molecule has 11 heavy (non-hydrogen) atoms. The van der Waals surface area contributed by atoms with E-state index in [1.54, 1.807) is 0 Å². The molecule has 0 amide bonds. The number of carbonyl (C=O) groups is 1. The Labute approximate surface area is 64.2 Å². The van der Waals surface area contributed by atoms with Crippen molar-refractivity contribution in [2.45, 2.75) is 13.8 Å². The first-order valence-corrected chi connectivity index (χ1v) is 3.15. The molecule has 0 saturated heterocycles. The summed E-state index contributed by atoms with van der Waals surface area (Å²) in [6, 6.07) is 0. The topological polar surface area (TPSA) is 52.1 Å². The normalized spacial score (nSPS) is 9.27. The lowest BCUT2D eigenvalue weighted by molar-refractivity contribution is -0.132. The van der Waals surface area contributed by atoms with Crippen LogP contribution in [0.15, 0.2) is 12.4 Å². The third-order valence-electron chi connectivity index (χ3n) is 1.01. The molecule has 58 valence electrons. The second-order valence-electron chi connectivity index (χ2n) is 2.09. The minimum Gasteiger partial charge on any atom is -0.406 e. The van der Waals surface area contributed by atoms with Crippen LogP contribution in [0.1, 0.15) is 12.6 Å². The van der Waals surface area contributed by atoms with Gasteiger partial charge in [-0.1, -0.05) is 0 Å². The van der Waals surface area contributed by atoms with Crippen LogP contribution in [-0.4, -0.2) is 15.9 Å². The number of nitrogens with zero attached hydrogens (tertiary/aromatic N) is 2. The molecular weight excluding hydrogens is 144 g/mol. The van der Waals surface area contributed by atoms with Gasteiger partial charge in [-0.2, -0.15) is 0 Å². The van der Waals surface area contributed by atoms with Crippen molar-refractivity contribution < 1.29 is 9.53 Å². The third kappa shape index (κ3) is 2.33. The fraction of sp³-hybridized carbons (Fsp3) is 0.286. The summed E-state index contributed by atoms with van der Waals surface area (Å²) < 4.78 is 4.66. The summed E-state index contributed by atoms with van der Waals surface area (Å²) in [6.45, 7) is 3.13. The number of aromatic nitrogens is 2. The smallest absolute Gasteiger partial charge is 0.309 e. The lowest BCUT2D eigenvalue weighted by Gasteiger charge is -1.97. The van der Waals surface area contributed by atoms with Crippen LogP contribution in [0.5, 0.6) is 5.88 Å². The quantitative estimate of drug-likeness (QED) is 0.556. The van der Waals surface area contributed by atoms with E-state index in [1.807, 2.05) is 6.92 Å². The summed E-state index contributed by atoms with van der Waals surface area (Å²) in [7, 11) is 0. The van der Waals surface area contributed by atoms with Crippen molar-refractivity contribution in [1.82, 2.24) is 9.97 Å². The van der Waals surface area contributed by atoms with Gasteiger partial charge in [-0.3, -0.25) is 9.78 Å². The van der Waals surface area contributed by atoms with E-state index >= 15 is 0 Å². The predicted molar refractivity (Wildman–Crippen MR) is 38.1 cm³/mol. The van der Waals surface area contributed by atoms with Crippen LogP contribution in [0.2, 0.25) is 0 Å². The Morgan fingerprint density at radius 1 is 1.45 bits per heavy atom. The van der Waals surface area contributed by atoms with E-state index < -0.39 is 0 Å². The molecule has 0 saturated carbocycles. The van der Waals surface area contributed by atoms with E-state index in [0.717, 1.165) is 5.69 Å². The number of ether oxygens (including phenoxy) is 1. The Kier molecular flexibility index (Phi) is 2.15.